The maximum atomic E-state index is 9.81. The van der Waals surface area contributed by atoms with E-state index < -0.39 is 6.10 Å². The van der Waals surface area contributed by atoms with Gasteiger partial charge in [0.25, 0.3) is 0 Å². The maximum absolute atomic E-state index is 9.81. The summed E-state index contributed by atoms with van der Waals surface area (Å²) in [5, 5.41) is 13.0. The summed E-state index contributed by atoms with van der Waals surface area (Å²) in [5.74, 6) is 5.60. The average molecular weight is 297 g/mol. The summed E-state index contributed by atoms with van der Waals surface area (Å²) in [7, 11) is 0. The highest BCUT2D eigenvalue weighted by atomic mass is 32.2. The van der Waals surface area contributed by atoms with Gasteiger partial charge in [-0.3, -0.25) is 0 Å². The van der Waals surface area contributed by atoms with Crippen LogP contribution in [0.1, 0.15) is 19.8 Å². The molecule has 2 N–H and O–H groups in total. The van der Waals surface area contributed by atoms with Gasteiger partial charge >= 0.3 is 0 Å². The molecule has 0 fully saturated rings. The van der Waals surface area contributed by atoms with Crippen molar-refractivity contribution >= 4 is 11.8 Å². The minimum Gasteiger partial charge on any atom is -0.389 e. The predicted molar refractivity (Wildman–Crippen MR) is 86.9 cm³/mol. The number of terminal acetylenes is 1. The van der Waals surface area contributed by atoms with E-state index in [0.29, 0.717) is 25.0 Å². The molecule has 1 aliphatic carbocycles. The number of aliphatic hydroxyl groups excluding tert-OH is 1. The predicted octanol–water partition coefficient (Wildman–Crippen LogP) is 1.92. The van der Waals surface area contributed by atoms with Crippen molar-refractivity contribution < 1.29 is 9.84 Å². The van der Waals surface area contributed by atoms with Crippen LogP contribution in [0, 0.1) is 24.2 Å². The Morgan fingerprint density at radius 3 is 3.05 bits per heavy atom. The molecule has 0 saturated carbocycles. The summed E-state index contributed by atoms with van der Waals surface area (Å²) in [4.78, 5) is 0. The van der Waals surface area contributed by atoms with Gasteiger partial charge in [-0.1, -0.05) is 25.0 Å². The van der Waals surface area contributed by atoms with Crippen LogP contribution in [0.25, 0.3) is 0 Å². The third-order valence-corrected chi connectivity index (χ3v) is 4.41. The normalized spacial score (nSPS) is 23.4. The van der Waals surface area contributed by atoms with Crippen molar-refractivity contribution in [3.8, 4) is 12.3 Å². The van der Waals surface area contributed by atoms with Crippen LogP contribution in [0.5, 0.6) is 0 Å². The number of hydrogen-bond acceptors (Lipinski definition) is 4. The fourth-order valence-electron chi connectivity index (χ4n) is 2.20. The molecule has 0 aromatic heterocycles. The van der Waals surface area contributed by atoms with Gasteiger partial charge in [-0.05, 0) is 24.7 Å². The largest absolute Gasteiger partial charge is 0.389 e. The molecule has 0 amide bonds. The zero-order valence-corrected chi connectivity index (χ0v) is 13.2. The molecule has 0 aromatic carbocycles. The highest BCUT2D eigenvalue weighted by molar-refractivity contribution is 7.99. The molecular weight excluding hydrogens is 270 g/mol. The molecule has 0 saturated heterocycles. The van der Waals surface area contributed by atoms with Crippen molar-refractivity contribution in [1.82, 2.24) is 5.32 Å². The van der Waals surface area contributed by atoms with Crippen LogP contribution in [0.2, 0.25) is 0 Å². The van der Waals surface area contributed by atoms with Crippen LogP contribution in [0.4, 0.5) is 0 Å². The molecule has 1 aliphatic rings. The van der Waals surface area contributed by atoms with Crippen molar-refractivity contribution in [2.75, 3.05) is 37.8 Å². The Morgan fingerprint density at radius 2 is 2.30 bits per heavy atom. The van der Waals surface area contributed by atoms with E-state index in [1.54, 1.807) is 11.8 Å². The molecule has 0 radical (unpaired) electrons. The summed E-state index contributed by atoms with van der Waals surface area (Å²) < 4.78 is 5.65. The smallest absolute Gasteiger partial charge is 0.0897 e. The highest BCUT2D eigenvalue weighted by Crippen LogP contribution is 2.24. The Bertz CT molecular complexity index is 314. The van der Waals surface area contributed by atoms with Gasteiger partial charge in [-0.15, -0.1) is 18.2 Å². The average Bonchev–Trinajstić information content (AvgIpc) is 2.45. The summed E-state index contributed by atoms with van der Waals surface area (Å²) in [6, 6.07) is 0. The van der Waals surface area contributed by atoms with E-state index in [4.69, 9.17) is 11.2 Å². The molecule has 0 aliphatic heterocycles. The molecule has 0 bridgehead atoms. The first kappa shape index (κ1) is 17.6. The van der Waals surface area contributed by atoms with Gasteiger partial charge in [0.05, 0.1) is 25.1 Å². The fraction of sp³-hybridized carbons (Fsp3) is 0.750. The first-order chi connectivity index (χ1) is 9.74. The molecule has 3 atom stereocenters. The second-order valence-corrected chi connectivity index (χ2v) is 6.44. The molecule has 0 spiro atoms. The quantitative estimate of drug-likeness (QED) is 0.367. The Morgan fingerprint density at radius 1 is 1.50 bits per heavy atom. The topological polar surface area (TPSA) is 41.5 Å². The van der Waals surface area contributed by atoms with Crippen molar-refractivity contribution in [1.29, 1.82) is 0 Å². The van der Waals surface area contributed by atoms with Crippen LogP contribution < -0.4 is 5.32 Å². The summed E-state index contributed by atoms with van der Waals surface area (Å²) in [6.07, 6.45) is 11.5. The Kier molecular flexibility index (Phi) is 9.86. The van der Waals surface area contributed by atoms with Crippen molar-refractivity contribution in [3.05, 3.63) is 12.2 Å². The first-order valence-corrected chi connectivity index (χ1v) is 8.52. The third kappa shape index (κ3) is 7.96. The first-order valence-electron chi connectivity index (χ1n) is 7.36. The van der Waals surface area contributed by atoms with Crippen molar-refractivity contribution in [2.24, 2.45) is 11.8 Å². The van der Waals surface area contributed by atoms with E-state index in [9.17, 15) is 5.11 Å². The van der Waals surface area contributed by atoms with Gasteiger partial charge in [0.2, 0.25) is 0 Å². The molecule has 3 unspecified atom stereocenters. The Labute approximate surface area is 127 Å². The van der Waals surface area contributed by atoms with E-state index in [-0.39, 0.29) is 0 Å². The molecule has 20 heavy (non-hydrogen) atoms. The molecular formula is C16H27NO2S. The van der Waals surface area contributed by atoms with Crippen LogP contribution in [-0.4, -0.2) is 49.0 Å². The second kappa shape index (κ2) is 11.2. The lowest BCUT2D eigenvalue weighted by molar-refractivity contribution is 0.0131. The molecule has 0 aromatic rings. The summed E-state index contributed by atoms with van der Waals surface area (Å²) in [5.41, 5.74) is 0. The van der Waals surface area contributed by atoms with Gasteiger partial charge in [0, 0.05) is 18.8 Å². The SMILES string of the molecule is C#CCSCCNCC(O)COCC1CC=CCC1C. The third-order valence-electron chi connectivity index (χ3n) is 3.55. The van der Waals surface area contributed by atoms with Crippen molar-refractivity contribution in [2.45, 2.75) is 25.9 Å². The van der Waals surface area contributed by atoms with E-state index in [1.807, 2.05) is 0 Å². The van der Waals surface area contributed by atoms with Gasteiger partial charge < -0.3 is 15.2 Å². The van der Waals surface area contributed by atoms with E-state index >= 15 is 0 Å². The Balaban J connectivity index is 1.96. The number of hydrogen-bond donors (Lipinski definition) is 2. The number of allylic oxidation sites excluding steroid dienone is 2. The second-order valence-electron chi connectivity index (χ2n) is 5.33. The number of aliphatic hydroxyl groups is 1. The number of ether oxygens (including phenoxy) is 1. The fourth-order valence-corrected chi connectivity index (χ4v) is 2.75. The minimum atomic E-state index is -0.429. The number of thioether (sulfide) groups is 1. The van der Waals surface area contributed by atoms with Crippen LogP contribution >= 0.6 is 11.8 Å². The van der Waals surface area contributed by atoms with Crippen LogP contribution in [0.15, 0.2) is 12.2 Å². The van der Waals surface area contributed by atoms with Crippen LogP contribution in [0.3, 0.4) is 0 Å². The highest BCUT2D eigenvalue weighted by Gasteiger charge is 2.18. The van der Waals surface area contributed by atoms with E-state index in [0.717, 1.165) is 37.5 Å². The molecule has 1 rings (SSSR count). The van der Waals surface area contributed by atoms with Crippen molar-refractivity contribution in [3.63, 3.8) is 0 Å². The molecule has 0 heterocycles. The van der Waals surface area contributed by atoms with E-state index in [2.05, 4.69) is 30.3 Å². The van der Waals surface area contributed by atoms with Gasteiger partial charge in [-0.25, -0.2) is 0 Å². The van der Waals surface area contributed by atoms with Gasteiger partial charge in [-0.2, -0.15) is 0 Å². The zero-order chi connectivity index (χ0) is 14.6. The summed E-state index contributed by atoms with van der Waals surface area (Å²) in [6.45, 7) is 4.88. The zero-order valence-electron chi connectivity index (χ0n) is 12.4. The monoisotopic (exact) mass is 297 g/mol. The lowest BCUT2D eigenvalue weighted by atomic mass is 9.85. The number of rotatable bonds is 10. The number of nitrogens with one attached hydrogen (secondary N) is 1. The van der Waals surface area contributed by atoms with Gasteiger partial charge in [0.15, 0.2) is 0 Å². The van der Waals surface area contributed by atoms with Crippen LogP contribution in [-0.2, 0) is 4.74 Å². The van der Waals surface area contributed by atoms with Gasteiger partial charge in [0.1, 0.15) is 0 Å². The lowest BCUT2D eigenvalue weighted by Gasteiger charge is -2.25. The maximum Gasteiger partial charge on any atom is 0.0897 e. The molecule has 3 nitrogen and oxygen atoms in total. The standard InChI is InChI=1S/C16H27NO2S/c1-3-9-20-10-8-17-11-16(18)13-19-12-15-7-5-4-6-14(15)2/h1,4-5,14-18H,6-13H2,2H3. The molecule has 114 valence electrons. The summed E-state index contributed by atoms with van der Waals surface area (Å²) >= 11 is 1.72. The minimum absolute atomic E-state index is 0.414. The Hall–Kier alpha value is -0.470. The molecule has 4 heteroatoms. The van der Waals surface area contributed by atoms with E-state index in [1.165, 1.54) is 0 Å². The lowest BCUT2D eigenvalue weighted by Crippen LogP contribution is -2.32.